The monoisotopic (exact) mass is 296 g/mol. The summed E-state index contributed by atoms with van der Waals surface area (Å²) in [4.78, 5) is 25.6. The van der Waals surface area contributed by atoms with Crippen LogP contribution in [0.2, 0.25) is 0 Å². The Morgan fingerprint density at radius 2 is 1.64 bits per heavy atom. The Labute approximate surface area is 128 Å². The highest BCUT2D eigenvalue weighted by atomic mass is 16.5. The van der Waals surface area contributed by atoms with Gasteiger partial charge in [-0.3, -0.25) is 14.5 Å². The van der Waals surface area contributed by atoms with Gasteiger partial charge in [0, 0.05) is 18.3 Å². The normalized spacial score (nSPS) is 13.4. The molecule has 0 saturated heterocycles. The van der Waals surface area contributed by atoms with Crippen LogP contribution in [0.15, 0.2) is 48.5 Å². The molecule has 0 fully saturated rings. The summed E-state index contributed by atoms with van der Waals surface area (Å²) >= 11 is 0. The van der Waals surface area contributed by atoms with E-state index in [1.165, 1.54) is 4.90 Å². The molecule has 1 aliphatic heterocycles. The average molecular weight is 296 g/mol. The largest absolute Gasteiger partial charge is 0.493 e. The molecule has 0 aromatic heterocycles. The molecule has 1 aliphatic rings. The Balaban J connectivity index is 1.55. The molecule has 0 spiro atoms. The van der Waals surface area contributed by atoms with Gasteiger partial charge in [0.2, 0.25) is 0 Å². The summed E-state index contributed by atoms with van der Waals surface area (Å²) in [7, 11) is 0. The zero-order valence-corrected chi connectivity index (χ0v) is 12.0. The Kier molecular flexibility index (Phi) is 3.78. The number of rotatable bonds is 5. The van der Waals surface area contributed by atoms with Crippen LogP contribution in [0.3, 0.4) is 0 Å². The van der Waals surface area contributed by atoms with Crippen molar-refractivity contribution in [3.05, 3.63) is 59.7 Å². The fourth-order valence-electron chi connectivity index (χ4n) is 2.46. The number of hydrogen-bond acceptors (Lipinski definition) is 4. The summed E-state index contributed by atoms with van der Waals surface area (Å²) in [5, 5.41) is 0. The summed E-state index contributed by atoms with van der Waals surface area (Å²) in [6.45, 7) is 0.755. The molecule has 2 aromatic carbocycles. The van der Waals surface area contributed by atoms with Crippen molar-refractivity contribution in [1.82, 2.24) is 4.90 Å². The van der Waals surface area contributed by atoms with Crippen molar-refractivity contribution in [3.8, 4) is 5.75 Å². The van der Waals surface area contributed by atoms with Crippen LogP contribution in [-0.2, 0) is 0 Å². The second-order valence-electron chi connectivity index (χ2n) is 5.08. The van der Waals surface area contributed by atoms with E-state index in [9.17, 15) is 9.59 Å². The molecule has 2 amide bonds. The van der Waals surface area contributed by atoms with Crippen LogP contribution in [-0.4, -0.2) is 29.9 Å². The van der Waals surface area contributed by atoms with Gasteiger partial charge in [-0.1, -0.05) is 18.2 Å². The molecule has 0 bridgehead atoms. The number of benzene rings is 2. The van der Waals surface area contributed by atoms with Crippen molar-refractivity contribution in [1.29, 1.82) is 0 Å². The summed E-state index contributed by atoms with van der Waals surface area (Å²) in [5.41, 5.74) is 7.26. The third-order valence-electron chi connectivity index (χ3n) is 3.53. The van der Waals surface area contributed by atoms with Crippen molar-refractivity contribution in [2.24, 2.45) is 0 Å². The van der Waals surface area contributed by atoms with Crippen LogP contribution in [0.4, 0.5) is 5.69 Å². The minimum absolute atomic E-state index is 0.232. The minimum Gasteiger partial charge on any atom is -0.493 e. The van der Waals surface area contributed by atoms with E-state index in [1.54, 1.807) is 36.4 Å². The standard InChI is InChI=1S/C17H16N2O3/c18-12-5-3-6-13(11-12)22-10-4-9-19-16(20)14-7-1-2-8-15(14)17(19)21/h1-3,5-8,11H,4,9-10,18H2. The molecular weight excluding hydrogens is 280 g/mol. The highest BCUT2D eigenvalue weighted by Crippen LogP contribution is 2.22. The molecule has 0 saturated carbocycles. The first-order valence-corrected chi connectivity index (χ1v) is 7.10. The van der Waals surface area contributed by atoms with Crippen LogP contribution in [0, 0.1) is 0 Å². The molecule has 2 aromatic rings. The lowest BCUT2D eigenvalue weighted by Gasteiger charge is -2.14. The van der Waals surface area contributed by atoms with E-state index in [2.05, 4.69) is 0 Å². The minimum atomic E-state index is -0.232. The summed E-state index contributed by atoms with van der Waals surface area (Å²) in [6, 6.07) is 14.0. The number of nitrogen functional groups attached to an aromatic ring is 1. The maximum atomic E-state index is 12.2. The predicted molar refractivity (Wildman–Crippen MR) is 82.8 cm³/mol. The third kappa shape index (κ3) is 2.65. The first-order chi connectivity index (χ1) is 10.7. The predicted octanol–water partition coefficient (Wildman–Crippen LogP) is 2.33. The number of fused-ring (bicyclic) bond motifs is 1. The zero-order chi connectivity index (χ0) is 15.5. The molecule has 5 nitrogen and oxygen atoms in total. The van der Waals surface area contributed by atoms with Gasteiger partial charge in [0.1, 0.15) is 5.75 Å². The van der Waals surface area contributed by atoms with Gasteiger partial charge >= 0.3 is 0 Å². The van der Waals surface area contributed by atoms with Gasteiger partial charge in [0.15, 0.2) is 0 Å². The molecular formula is C17H16N2O3. The van der Waals surface area contributed by atoms with Crippen molar-refractivity contribution in [2.45, 2.75) is 6.42 Å². The van der Waals surface area contributed by atoms with E-state index in [0.29, 0.717) is 42.1 Å². The maximum absolute atomic E-state index is 12.2. The molecule has 0 atom stereocenters. The molecule has 22 heavy (non-hydrogen) atoms. The first kappa shape index (κ1) is 14.1. The lowest BCUT2D eigenvalue weighted by Crippen LogP contribution is -2.31. The van der Waals surface area contributed by atoms with Crippen molar-refractivity contribution < 1.29 is 14.3 Å². The number of ether oxygens (including phenoxy) is 1. The smallest absolute Gasteiger partial charge is 0.261 e. The van der Waals surface area contributed by atoms with Crippen LogP contribution in [0.5, 0.6) is 5.75 Å². The van der Waals surface area contributed by atoms with Crippen molar-refractivity contribution in [2.75, 3.05) is 18.9 Å². The number of carbonyl (C=O) groups is 2. The van der Waals surface area contributed by atoms with Crippen LogP contribution < -0.4 is 10.5 Å². The van der Waals surface area contributed by atoms with Crippen molar-refractivity contribution in [3.63, 3.8) is 0 Å². The molecule has 0 aliphatic carbocycles. The summed E-state index contributed by atoms with van der Waals surface area (Å²) < 4.78 is 5.56. The van der Waals surface area contributed by atoms with Crippen LogP contribution in [0.25, 0.3) is 0 Å². The van der Waals surface area contributed by atoms with Gasteiger partial charge in [0.25, 0.3) is 11.8 Å². The molecule has 0 unspecified atom stereocenters. The second-order valence-corrected chi connectivity index (χ2v) is 5.08. The SMILES string of the molecule is Nc1cccc(OCCCN2C(=O)c3ccccc3C2=O)c1. The number of anilines is 1. The molecule has 0 radical (unpaired) electrons. The Bertz CT molecular complexity index is 692. The number of amides is 2. The van der Waals surface area contributed by atoms with E-state index in [-0.39, 0.29) is 11.8 Å². The number of nitrogens with zero attached hydrogens (tertiary/aromatic N) is 1. The van der Waals surface area contributed by atoms with E-state index in [4.69, 9.17) is 10.5 Å². The van der Waals surface area contributed by atoms with Crippen LogP contribution in [0.1, 0.15) is 27.1 Å². The van der Waals surface area contributed by atoms with E-state index in [1.807, 2.05) is 12.1 Å². The van der Waals surface area contributed by atoms with Crippen molar-refractivity contribution >= 4 is 17.5 Å². The molecule has 1 heterocycles. The number of hydrogen-bond donors (Lipinski definition) is 1. The Hall–Kier alpha value is -2.82. The van der Waals surface area contributed by atoms with Gasteiger partial charge in [-0.05, 0) is 30.7 Å². The molecule has 112 valence electrons. The van der Waals surface area contributed by atoms with Gasteiger partial charge in [-0.15, -0.1) is 0 Å². The molecule has 2 N–H and O–H groups in total. The van der Waals surface area contributed by atoms with Gasteiger partial charge in [-0.25, -0.2) is 0 Å². The van der Waals surface area contributed by atoms with E-state index in [0.717, 1.165) is 0 Å². The second kappa shape index (κ2) is 5.89. The maximum Gasteiger partial charge on any atom is 0.261 e. The van der Waals surface area contributed by atoms with Gasteiger partial charge in [-0.2, -0.15) is 0 Å². The van der Waals surface area contributed by atoms with E-state index < -0.39 is 0 Å². The molecule has 3 rings (SSSR count). The summed E-state index contributed by atoms with van der Waals surface area (Å²) in [5.74, 6) is 0.219. The fraction of sp³-hybridized carbons (Fsp3) is 0.176. The topological polar surface area (TPSA) is 72.6 Å². The average Bonchev–Trinajstić information content (AvgIpc) is 2.77. The van der Waals surface area contributed by atoms with Crippen LogP contribution >= 0.6 is 0 Å². The quantitative estimate of drug-likeness (QED) is 0.522. The Morgan fingerprint density at radius 1 is 0.955 bits per heavy atom. The Morgan fingerprint density at radius 3 is 2.27 bits per heavy atom. The van der Waals surface area contributed by atoms with Gasteiger partial charge in [0.05, 0.1) is 17.7 Å². The third-order valence-corrected chi connectivity index (χ3v) is 3.53. The highest BCUT2D eigenvalue weighted by molar-refractivity contribution is 6.21. The number of nitrogens with two attached hydrogens (primary N) is 1. The summed E-state index contributed by atoms with van der Waals surface area (Å²) in [6.07, 6.45) is 0.570. The fourth-order valence-corrected chi connectivity index (χ4v) is 2.46. The molecule has 5 heteroatoms. The zero-order valence-electron chi connectivity index (χ0n) is 12.0. The highest BCUT2D eigenvalue weighted by Gasteiger charge is 2.34. The van der Waals surface area contributed by atoms with E-state index >= 15 is 0 Å². The number of carbonyl (C=O) groups excluding carboxylic acids is 2. The lowest BCUT2D eigenvalue weighted by atomic mass is 10.1. The lowest BCUT2D eigenvalue weighted by molar-refractivity contribution is 0.0647. The first-order valence-electron chi connectivity index (χ1n) is 7.10. The van der Waals surface area contributed by atoms with Gasteiger partial charge < -0.3 is 10.5 Å². The number of imide groups is 1.